The molecule has 0 aromatic heterocycles. The molecule has 18 heavy (non-hydrogen) atoms. The zero-order chi connectivity index (χ0) is 13.0. The van der Waals surface area contributed by atoms with Gasteiger partial charge in [-0.15, -0.1) is 0 Å². The molecule has 2 nitrogen and oxygen atoms in total. The molecule has 1 fully saturated rings. The number of rotatable bonds is 3. The molecule has 0 bridgehead atoms. The van der Waals surface area contributed by atoms with E-state index < -0.39 is 0 Å². The van der Waals surface area contributed by atoms with Gasteiger partial charge in [-0.05, 0) is 51.3 Å². The fourth-order valence-corrected chi connectivity index (χ4v) is 2.87. The Kier molecular flexibility index (Phi) is 4.65. The van der Waals surface area contributed by atoms with Gasteiger partial charge in [0.05, 0.1) is 0 Å². The maximum atomic E-state index is 9.91. The summed E-state index contributed by atoms with van der Waals surface area (Å²) >= 11 is 0. The number of nitrogens with zero attached hydrogens (tertiary/aromatic N) is 1. The summed E-state index contributed by atoms with van der Waals surface area (Å²) in [6.07, 6.45) is 5.28. The summed E-state index contributed by atoms with van der Waals surface area (Å²) in [5, 5.41) is 9.91. The Hall–Kier alpha value is -1.02. The minimum absolute atomic E-state index is 0.442. The summed E-state index contributed by atoms with van der Waals surface area (Å²) in [5.41, 5.74) is 2.30. The van der Waals surface area contributed by atoms with E-state index in [9.17, 15) is 5.11 Å². The molecule has 1 N–H and O–H groups in total. The van der Waals surface area contributed by atoms with Crippen molar-refractivity contribution >= 4 is 0 Å². The zero-order valence-electron chi connectivity index (χ0n) is 11.7. The molecule has 0 spiro atoms. The molecule has 1 aromatic rings. The number of aryl methyl sites for hydroxylation is 1. The summed E-state index contributed by atoms with van der Waals surface area (Å²) < 4.78 is 0. The summed E-state index contributed by atoms with van der Waals surface area (Å²) in [6.45, 7) is 7.62. The minimum Gasteiger partial charge on any atom is -0.508 e. The van der Waals surface area contributed by atoms with Crippen LogP contribution in [-0.2, 0) is 6.54 Å². The molecule has 0 saturated carbocycles. The largest absolute Gasteiger partial charge is 0.508 e. The van der Waals surface area contributed by atoms with Crippen LogP contribution in [0, 0.1) is 12.8 Å². The van der Waals surface area contributed by atoms with Crippen LogP contribution in [-0.4, -0.2) is 23.1 Å². The molecule has 1 atom stereocenters. The summed E-state index contributed by atoms with van der Waals surface area (Å²) in [4.78, 5) is 2.49. The Bertz CT molecular complexity index is 389. The summed E-state index contributed by atoms with van der Waals surface area (Å²) in [7, 11) is 0. The van der Waals surface area contributed by atoms with Crippen molar-refractivity contribution in [1.82, 2.24) is 4.90 Å². The Balaban J connectivity index is 1.98. The molecule has 1 unspecified atom stereocenters. The summed E-state index contributed by atoms with van der Waals surface area (Å²) in [6, 6.07) is 5.89. The lowest BCUT2D eigenvalue weighted by molar-refractivity contribution is 0.268. The first kappa shape index (κ1) is 13.4. The van der Waals surface area contributed by atoms with Crippen molar-refractivity contribution in [3.8, 4) is 5.75 Å². The molecule has 1 saturated heterocycles. The molecular weight excluding hydrogens is 222 g/mol. The number of hydrogen-bond acceptors (Lipinski definition) is 2. The van der Waals surface area contributed by atoms with Gasteiger partial charge in [0.25, 0.3) is 0 Å². The van der Waals surface area contributed by atoms with E-state index in [4.69, 9.17) is 0 Å². The van der Waals surface area contributed by atoms with E-state index in [0.717, 1.165) is 18.0 Å². The molecule has 0 radical (unpaired) electrons. The van der Waals surface area contributed by atoms with Crippen LogP contribution in [0.1, 0.15) is 43.7 Å². The standard InChI is InChI=1S/C16H25NO/c1-3-14-5-4-9-17(10-8-14)12-15-11-13(2)6-7-16(15)18/h6-7,11,14,18H,3-5,8-10,12H2,1-2H3. The van der Waals surface area contributed by atoms with Crippen molar-refractivity contribution in [2.45, 2.75) is 46.1 Å². The Morgan fingerprint density at radius 1 is 1.28 bits per heavy atom. The van der Waals surface area contributed by atoms with Crippen LogP contribution >= 0.6 is 0 Å². The number of hydrogen-bond donors (Lipinski definition) is 1. The van der Waals surface area contributed by atoms with Gasteiger partial charge in [0.15, 0.2) is 0 Å². The first-order valence-electron chi connectivity index (χ1n) is 7.20. The third kappa shape index (κ3) is 3.49. The van der Waals surface area contributed by atoms with E-state index in [2.05, 4.69) is 24.8 Å². The van der Waals surface area contributed by atoms with Gasteiger partial charge in [0.1, 0.15) is 5.75 Å². The fraction of sp³-hybridized carbons (Fsp3) is 0.625. The van der Waals surface area contributed by atoms with Gasteiger partial charge in [-0.25, -0.2) is 0 Å². The van der Waals surface area contributed by atoms with Gasteiger partial charge in [-0.2, -0.15) is 0 Å². The fourth-order valence-electron chi connectivity index (χ4n) is 2.87. The molecule has 2 heteroatoms. The molecular formula is C16H25NO. The average Bonchev–Trinajstić information content (AvgIpc) is 2.59. The van der Waals surface area contributed by atoms with Crippen molar-refractivity contribution in [2.24, 2.45) is 5.92 Å². The van der Waals surface area contributed by atoms with E-state index in [1.807, 2.05) is 12.1 Å². The van der Waals surface area contributed by atoms with Gasteiger partial charge in [-0.3, -0.25) is 4.90 Å². The second kappa shape index (κ2) is 6.24. The normalized spacial score (nSPS) is 21.8. The number of likely N-dealkylation sites (tertiary alicyclic amines) is 1. The van der Waals surface area contributed by atoms with Gasteiger partial charge >= 0.3 is 0 Å². The van der Waals surface area contributed by atoms with Crippen LogP contribution in [0.4, 0.5) is 0 Å². The topological polar surface area (TPSA) is 23.5 Å². The highest BCUT2D eigenvalue weighted by atomic mass is 16.3. The number of aromatic hydroxyl groups is 1. The molecule has 0 aliphatic carbocycles. The van der Waals surface area contributed by atoms with Crippen LogP contribution in [0.2, 0.25) is 0 Å². The van der Waals surface area contributed by atoms with Gasteiger partial charge in [0, 0.05) is 12.1 Å². The second-order valence-corrected chi connectivity index (χ2v) is 5.61. The Morgan fingerprint density at radius 2 is 2.11 bits per heavy atom. The van der Waals surface area contributed by atoms with Crippen molar-refractivity contribution in [3.63, 3.8) is 0 Å². The van der Waals surface area contributed by atoms with E-state index >= 15 is 0 Å². The SMILES string of the molecule is CCC1CCCN(Cc2cc(C)ccc2O)CC1. The number of benzene rings is 1. The summed E-state index contributed by atoms with van der Waals surface area (Å²) in [5.74, 6) is 1.35. The number of phenolic OH excluding ortho intramolecular Hbond substituents is 1. The molecule has 1 aliphatic heterocycles. The first-order chi connectivity index (χ1) is 8.69. The van der Waals surface area contributed by atoms with Crippen LogP contribution < -0.4 is 0 Å². The quantitative estimate of drug-likeness (QED) is 0.880. The maximum absolute atomic E-state index is 9.91. The predicted molar refractivity (Wildman–Crippen MR) is 75.8 cm³/mol. The lowest BCUT2D eigenvalue weighted by Crippen LogP contribution is -2.24. The van der Waals surface area contributed by atoms with Gasteiger partial charge in [0.2, 0.25) is 0 Å². The van der Waals surface area contributed by atoms with Crippen molar-refractivity contribution in [3.05, 3.63) is 29.3 Å². The van der Waals surface area contributed by atoms with Crippen LogP contribution in [0.3, 0.4) is 0 Å². The predicted octanol–water partition coefficient (Wildman–Crippen LogP) is 3.71. The van der Waals surface area contributed by atoms with E-state index in [-0.39, 0.29) is 0 Å². The highest BCUT2D eigenvalue weighted by Crippen LogP contribution is 2.24. The average molecular weight is 247 g/mol. The lowest BCUT2D eigenvalue weighted by Gasteiger charge is -2.21. The monoisotopic (exact) mass is 247 g/mol. The highest BCUT2D eigenvalue weighted by Gasteiger charge is 2.16. The van der Waals surface area contributed by atoms with Crippen LogP contribution in [0.15, 0.2) is 18.2 Å². The third-order valence-corrected chi connectivity index (χ3v) is 4.15. The number of phenols is 1. The van der Waals surface area contributed by atoms with Gasteiger partial charge in [-0.1, -0.05) is 31.0 Å². The molecule has 1 heterocycles. The molecule has 1 aromatic carbocycles. The van der Waals surface area contributed by atoms with Crippen LogP contribution in [0.5, 0.6) is 5.75 Å². The van der Waals surface area contributed by atoms with E-state index in [1.54, 1.807) is 0 Å². The molecule has 0 amide bonds. The lowest BCUT2D eigenvalue weighted by atomic mass is 9.98. The van der Waals surface area contributed by atoms with Crippen molar-refractivity contribution in [2.75, 3.05) is 13.1 Å². The second-order valence-electron chi connectivity index (χ2n) is 5.61. The van der Waals surface area contributed by atoms with E-state index in [0.29, 0.717) is 5.75 Å². The molecule has 100 valence electrons. The molecule has 1 aliphatic rings. The van der Waals surface area contributed by atoms with E-state index in [1.165, 1.54) is 44.3 Å². The maximum Gasteiger partial charge on any atom is 0.120 e. The Morgan fingerprint density at radius 3 is 2.89 bits per heavy atom. The molecule has 2 rings (SSSR count). The van der Waals surface area contributed by atoms with Crippen LogP contribution in [0.25, 0.3) is 0 Å². The smallest absolute Gasteiger partial charge is 0.120 e. The van der Waals surface area contributed by atoms with Crippen molar-refractivity contribution in [1.29, 1.82) is 0 Å². The van der Waals surface area contributed by atoms with Gasteiger partial charge < -0.3 is 5.11 Å². The third-order valence-electron chi connectivity index (χ3n) is 4.15. The first-order valence-corrected chi connectivity index (χ1v) is 7.20. The Labute approximate surface area is 111 Å². The highest BCUT2D eigenvalue weighted by molar-refractivity contribution is 5.35. The minimum atomic E-state index is 0.442. The zero-order valence-corrected chi connectivity index (χ0v) is 11.7. The van der Waals surface area contributed by atoms with Crippen molar-refractivity contribution < 1.29 is 5.11 Å².